The first-order chi connectivity index (χ1) is 6.08. The lowest BCUT2D eigenvalue weighted by Gasteiger charge is -1.92. The van der Waals surface area contributed by atoms with Gasteiger partial charge in [0.25, 0.3) is 0 Å². The fraction of sp³-hybridized carbons (Fsp3) is 0.286. The number of nitrogens with one attached hydrogen (secondary N) is 1. The molecule has 0 spiro atoms. The maximum Gasteiger partial charge on any atom is 0.227 e. The molecule has 14 heavy (non-hydrogen) atoms. The van der Waals surface area contributed by atoms with E-state index in [9.17, 15) is 9.59 Å². The van der Waals surface area contributed by atoms with E-state index in [1.54, 1.807) is 5.38 Å². The van der Waals surface area contributed by atoms with E-state index in [0.29, 0.717) is 10.8 Å². The van der Waals surface area contributed by atoms with Crippen LogP contribution >= 0.6 is 35.3 Å². The van der Waals surface area contributed by atoms with Crippen LogP contribution < -0.4 is 5.32 Å². The van der Waals surface area contributed by atoms with Crippen LogP contribution in [0.3, 0.4) is 0 Å². The third kappa shape index (κ3) is 4.55. The van der Waals surface area contributed by atoms with Gasteiger partial charge in [0.15, 0.2) is 5.13 Å². The van der Waals surface area contributed by atoms with Crippen LogP contribution in [0.5, 0.6) is 0 Å². The third-order valence-electron chi connectivity index (χ3n) is 1.15. The van der Waals surface area contributed by atoms with Crippen molar-refractivity contribution in [2.24, 2.45) is 0 Å². The minimum absolute atomic E-state index is 0. The summed E-state index contributed by atoms with van der Waals surface area (Å²) in [5.41, 5.74) is 0.578. The zero-order valence-electron chi connectivity index (χ0n) is 7.24. The lowest BCUT2D eigenvalue weighted by molar-refractivity contribution is -0.114. The molecule has 0 aliphatic heterocycles. The van der Waals surface area contributed by atoms with Gasteiger partial charge in [-0.3, -0.25) is 9.59 Å². The van der Waals surface area contributed by atoms with E-state index in [-0.39, 0.29) is 24.7 Å². The smallest absolute Gasteiger partial charge is 0.227 e. The number of rotatable bonds is 3. The van der Waals surface area contributed by atoms with Crippen molar-refractivity contribution in [2.75, 3.05) is 5.32 Å². The second kappa shape index (κ2) is 5.95. The molecule has 0 radical (unpaired) electrons. The summed E-state index contributed by atoms with van der Waals surface area (Å²) in [5, 5.41) is 4.23. The van der Waals surface area contributed by atoms with Gasteiger partial charge >= 0.3 is 0 Å². The molecule has 1 aromatic heterocycles. The lowest BCUT2D eigenvalue weighted by atomic mass is 10.4. The Morgan fingerprint density at radius 1 is 1.64 bits per heavy atom. The predicted octanol–water partition coefficient (Wildman–Crippen LogP) is 1.83. The quantitative estimate of drug-likeness (QED) is 0.838. The molecule has 0 saturated heterocycles. The minimum Gasteiger partial charge on any atom is -0.302 e. The fourth-order valence-corrected chi connectivity index (χ4v) is 1.63. The Hall–Kier alpha value is -0.650. The van der Waals surface area contributed by atoms with Gasteiger partial charge in [0, 0.05) is 12.3 Å². The Morgan fingerprint density at radius 3 is 2.79 bits per heavy atom. The van der Waals surface area contributed by atoms with Gasteiger partial charge in [0.2, 0.25) is 11.1 Å². The van der Waals surface area contributed by atoms with Crippen molar-refractivity contribution in [3.05, 3.63) is 11.1 Å². The Bertz CT molecular complexity index is 310. The average Bonchev–Trinajstić information content (AvgIpc) is 2.33. The summed E-state index contributed by atoms with van der Waals surface area (Å²) in [7, 11) is 0. The van der Waals surface area contributed by atoms with Gasteiger partial charge in [0.1, 0.15) is 0 Å². The monoisotopic (exact) mass is 254 g/mol. The zero-order chi connectivity index (χ0) is 9.84. The highest BCUT2D eigenvalue weighted by molar-refractivity contribution is 7.13. The van der Waals surface area contributed by atoms with Crippen LogP contribution in [-0.2, 0) is 16.0 Å². The molecule has 1 heterocycles. The van der Waals surface area contributed by atoms with Crippen LogP contribution in [-0.4, -0.2) is 16.1 Å². The molecule has 1 rings (SSSR count). The molecule has 0 aliphatic carbocycles. The number of aromatic nitrogens is 1. The van der Waals surface area contributed by atoms with E-state index in [2.05, 4.69) is 10.3 Å². The van der Waals surface area contributed by atoms with Crippen molar-refractivity contribution in [1.82, 2.24) is 4.98 Å². The largest absolute Gasteiger partial charge is 0.302 e. The number of amides is 1. The molecule has 1 amide bonds. The van der Waals surface area contributed by atoms with E-state index in [4.69, 9.17) is 11.6 Å². The number of carbonyl (C=O) groups excluding carboxylic acids is 2. The van der Waals surface area contributed by atoms with Gasteiger partial charge in [-0.1, -0.05) is 0 Å². The molecule has 0 saturated carbocycles. The molecule has 1 N–H and O–H groups in total. The number of hydrogen-bond donors (Lipinski definition) is 1. The van der Waals surface area contributed by atoms with E-state index >= 15 is 0 Å². The number of nitrogens with zero attached hydrogens (tertiary/aromatic N) is 1. The summed E-state index contributed by atoms with van der Waals surface area (Å²) in [6, 6.07) is 0. The summed E-state index contributed by atoms with van der Waals surface area (Å²) >= 11 is 6.43. The van der Waals surface area contributed by atoms with E-state index in [0.717, 1.165) is 0 Å². The molecular formula is C7H8Cl2N2O2S. The van der Waals surface area contributed by atoms with Gasteiger partial charge in [-0.2, -0.15) is 0 Å². The van der Waals surface area contributed by atoms with Crippen molar-refractivity contribution in [1.29, 1.82) is 0 Å². The maximum atomic E-state index is 10.6. The van der Waals surface area contributed by atoms with Gasteiger partial charge in [0.05, 0.1) is 12.1 Å². The molecule has 0 unspecified atom stereocenters. The topological polar surface area (TPSA) is 59.1 Å². The summed E-state index contributed by atoms with van der Waals surface area (Å²) in [4.78, 5) is 25.1. The van der Waals surface area contributed by atoms with Crippen molar-refractivity contribution in [3.8, 4) is 0 Å². The van der Waals surface area contributed by atoms with Gasteiger partial charge < -0.3 is 5.32 Å². The highest BCUT2D eigenvalue weighted by Crippen LogP contribution is 2.15. The lowest BCUT2D eigenvalue weighted by Crippen LogP contribution is -2.05. The minimum atomic E-state index is -0.459. The van der Waals surface area contributed by atoms with Crippen LogP contribution in [0, 0.1) is 0 Å². The first-order valence-corrected chi connectivity index (χ1v) is 4.74. The average molecular weight is 255 g/mol. The van der Waals surface area contributed by atoms with Crippen molar-refractivity contribution < 1.29 is 9.59 Å². The molecule has 0 atom stereocenters. The third-order valence-corrected chi connectivity index (χ3v) is 2.09. The molecule has 0 fully saturated rings. The molecule has 1 aromatic rings. The fourth-order valence-electron chi connectivity index (χ4n) is 0.739. The van der Waals surface area contributed by atoms with E-state index < -0.39 is 5.24 Å². The second-order valence-corrected chi connectivity index (χ2v) is 3.64. The number of thiazole rings is 1. The van der Waals surface area contributed by atoms with Gasteiger partial charge in [-0.15, -0.1) is 23.7 Å². The van der Waals surface area contributed by atoms with Crippen LogP contribution in [0.25, 0.3) is 0 Å². The van der Waals surface area contributed by atoms with E-state index in [1.807, 2.05) is 0 Å². The molecule has 0 aliphatic rings. The standard InChI is InChI=1S/C7H7ClN2O2S.ClH/c1-4(11)9-7-10-5(3-13-7)2-6(8)12;/h3H,2H2,1H3,(H,9,10,11);1H. The van der Waals surface area contributed by atoms with E-state index in [1.165, 1.54) is 18.3 Å². The first-order valence-electron chi connectivity index (χ1n) is 3.48. The zero-order valence-corrected chi connectivity index (χ0v) is 9.63. The molecular weight excluding hydrogens is 247 g/mol. The molecule has 0 bridgehead atoms. The number of carbonyl (C=O) groups is 2. The van der Waals surface area contributed by atoms with Gasteiger partial charge in [-0.25, -0.2) is 4.98 Å². The van der Waals surface area contributed by atoms with Gasteiger partial charge in [-0.05, 0) is 11.6 Å². The van der Waals surface area contributed by atoms with Crippen molar-refractivity contribution >= 4 is 51.6 Å². The number of hydrogen-bond acceptors (Lipinski definition) is 4. The van der Waals surface area contributed by atoms with Crippen molar-refractivity contribution in [2.45, 2.75) is 13.3 Å². The Balaban J connectivity index is 0.00000169. The second-order valence-electron chi connectivity index (χ2n) is 2.36. The summed E-state index contributed by atoms with van der Waals surface area (Å²) in [5.74, 6) is -0.182. The summed E-state index contributed by atoms with van der Waals surface area (Å²) in [6.07, 6.45) is 0.0949. The Morgan fingerprint density at radius 2 is 2.29 bits per heavy atom. The highest BCUT2D eigenvalue weighted by atomic mass is 35.5. The normalized spacial score (nSPS) is 9.00. The van der Waals surface area contributed by atoms with Crippen LogP contribution in [0.1, 0.15) is 12.6 Å². The summed E-state index contributed by atoms with van der Waals surface area (Å²) in [6.45, 7) is 1.40. The molecule has 0 aromatic carbocycles. The first kappa shape index (κ1) is 13.4. The summed E-state index contributed by atoms with van der Waals surface area (Å²) < 4.78 is 0. The number of anilines is 1. The predicted molar refractivity (Wildman–Crippen MR) is 58.2 cm³/mol. The SMILES string of the molecule is CC(=O)Nc1nc(CC(=O)Cl)cs1.Cl. The Kier molecular flexibility index (Phi) is 5.68. The molecule has 4 nitrogen and oxygen atoms in total. The number of halogens is 2. The van der Waals surface area contributed by atoms with Crippen molar-refractivity contribution in [3.63, 3.8) is 0 Å². The highest BCUT2D eigenvalue weighted by Gasteiger charge is 2.05. The Labute approximate surface area is 96.1 Å². The maximum absolute atomic E-state index is 10.6. The van der Waals surface area contributed by atoms with Crippen LogP contribution in [0.4, 0.5) is 5.13 Å². The molecule has 78 valence electrons. The molecule has 7 heteroatoms. The van der Waals surface area contributed by atoms with Crippen LogP contribution in [0.15, 0.2) is 5.38 Å². The van der Waals surface area contributed by atoms with Crippen LogP contribution in [0.2, 0.25) is 0 Å².